The predicted molar refractivity (Wildman–Crippen MR) is 119 cm³/mol. The van der Waals surface area contributed by atoms with Gasteiger partial charge in [-0.2, -0.15) is 4.31 Å². The van der Waals surface area contributed by atoms with Gasteiger partial charge in [-0.15, -0.1) is 11.3 Å². The molecule has 1 aliphatic rings. The van der Waals surface area contributed by atoms with Crippen molar-refractivity contribution in [2.45, 2.75) is 50.8 Å². The van der Waals surface area contributed by atoms with Crippen LogP contribution in [0.25, 0.3) is 0 Å². The van der Waals surface area contributed by atoms with E-state index in [4.69, 9.17) is 4.74 Å². The quantitative estimate of drug-likeness (QED) is 0.630. The zero-order chi connectivity index (χ0) is 22.4. The maximum atomic E-state index is 13.1. The summed E-state index contributed by atoms with van der Waals surface area (Å²) in [6.45, 7) is 4.14. The zero-order valence-corrected chi connectivity index (χ0v) is 19.4. The Labute approximate surface area is 186 Å². The molecule has 0 spiro atoms. The Morgan fingerprint density at radius 2 is 1.87 bits per heavy atom. The second-order valence-electron chi connectivity index (χ2n) is 7.54. The van der Waals surface area contributed by atoms with E-state index >= 15 is 0 Å². The molecule has 0 saturated carbocycles. The van der Waals surface area contributed by atoms with Gasteiger partial charge in [0.1, 0.15) is 0 Å². The van der Waals surface area contributed by atoms with E-state index in [-0.39, 0.29) is 11.3 Å². The molecule has 0 bridgehead atoms. The molecule has 0 unspecified atom stereocenters. The molecule has 2 aromatic rings. The second kappa shape index (κ2) is 10.3. The number of amides is 1. The maximum Gasteiger partial charge on any atom is 0.312 e. The number of nitrogens with one attached hydrogen (secondary N) is 1. The van der Waals surface area contributed by atoms with Crippen LogP contribution in [0.1, 0.15) is 41.9 Å². The number of hydrogen-bond acceptors (Lipinski definition) is 7. The van der Waals surface area contributed by atoms with Gasteiger partial charge in [-0.3, -0.25) is 9.59 Å². The van der Waals surface area contributed by atoms with Crippen LogP contribution in [-0.2, 0) is 30.8 Å². The van der Waals surface area contributed by atoms with Crippen molar-refractivity contribution in [3.05, 3.63) is 39.8 Å². The van der Waals surface area contributed by atoms with E-state index < -0.39 is 28.5 Å². The predicted octanol–water partition coefficient (Wildman–Crippen LogP) is 3.05. The Morgan fingerprint density at radius 3 is 2.52 bits per heavy atom. The van der Waals surface area contributed by atoms with Crippen molar-refractivity contribution in [1.29, 1.82) is 0 Å². The van der Waals surface area contributed by atoms with Gasteiger partial charge in [0.2, 0.25) is 10.0 Å². The molecule has 0 radical (unpaired) electrons. The third kappa shape index (κ3) is 6.34. The van der Waals surface area contributed by atoms with E-state index in [1.807, 2.05) is 6.92 Å². The minimum atomic E-state index is -3.64. The molecule has 0 atom stereocenters. The van der Waals surface area contributed by atoms with Gasteiger partial charge in [0.15, 0.2) is 6.61 Å². The number of sulfonamides is 1. The summed E-state index contributed by atoms with van der Waals surface area (Å²) in [5, 5.41) is 5.23. The molecule has 1 aliphatic heterocycles. The molecule has 1 N–H and O–H groups in total. The first-order valence-corrected chi connectivity index (χ1v) is 12.5. The molecule has 31 heavy (non-hydrogen) atoms. The van der Waals surface area contributed by atoms with Crippen molar-refractivity contribution in [2.75, 3.05) is 25.0 Å². The third-order valence-electron chi connectivity index (χ3n) is 5.01. The summed E-state index contributed by atoms with van der Waals surface area (Å²) in [5.74, 6) is -1.08. The van der Waals surface area contributed by atoms with E-state index in [1.54, 1.807) is 24.4 Å². The first-order chi connectivity index (χ1) is 14.8. The van der Waals surface area contributed by atoms with E-state index in [9.17, 15) is 18.0 Å². The number of benzene rings is 1. The lowest BCUT2D eigenvalue weighted by molar-refractivity contribution is -0.146. The lowest BCUT2D eigenvalue weighted by Crippen LogP contribution is -2.32. The number of esters is 1. The van der Waals surface area contributed by atoms with Gasteiger partial charge < -0.3 is 10.1 Å². The lowest BCUT2D eigenvalue weighted by atomic mass is 10.2. The maximum absolute atomic E-state index is 13.1. The molecule has 1 saturated heterocycles. The Kier molecular flexibility index (Phi) is 7.79. The Hall–Kier alpha value is -2.30. The van der Waals surface area contributed by atoms with Crippen LogP contribution in [-0.4, -0.2) is 49.3 Å². The summed E-state index contributed by atoms with van der Waals surface area (Å²) >= 11 is 1.44. The average molecular weight is 466 g/mol. The van der Waals surface area contributed by atoms with E-state index in [2.05, 4.69) is 10.3 Å². The SMILES string of the molecule is Cc1nc(CC(=O)OCC(=O)Nc2ccc(C)c(S(=O)(=O)N3CCCCCC3)c2)cs1. The highest BCUT2D eigenvalue weighted by Gasteiger charge is 2.27. The van der Waals surface area contributed by atoms with Crippen LogP contribution >= 0.6 is 11.3 Å². The minimum Gasteiger partial charge on any atom is -0.455 e. The highest BCUT2D eigenvalue weighted by molar-refractivity contribution is 7.89. The molecular weight excluding hydrogens is 438 g/mol. The Morgan fingerprint density at radius 1 is 1.16 bits per heavy atom. The lowest BCUT2D eigenvalue weighted by Gasteiger charge is -2.21. The molecule has 10 heteroatoms. The monoisotopic (exact) mass is 465 g/mol. The molecular formula is C21H27N3O5S2. The summed E-state index contributed by atoms with van der Waals surface area (Å²) in [6.07, 6.45) is 3.76. The minimum absolute atomic E-state index is 0.000375. The van der Waals surface area contributed by atoms with Crippen LogP contribution in [0.5, 0.6) is 0 Å². The largest absolute Gasteiger partial charge is 0.455 e. The zero-order valence-electron chi connectivity index (χ0n) is 17.7. The number of hydrogen-bond donors (Lipinski definition) is 1. The molecule has 1 aromatic heterocycles. The highest BCUT2D eigenvalue weighted by Crippen LogP contribution is 2.25. The van der Waals surface area contributed by atoms with Gasteiger partial charge in [-0.05, 0) is 44.4 Å². The van der Waals surface area contributed by atoms with Crippen LogP contribution in [0.3, 0.4) is 0 Å². The van der Waals surface area contributed by atoms with E-state index in [1.165, 1.54) is 21.7 Å². The first kappa shape index (κ1) is 23.4. The summed E-state index contributed by atoms with van der Waals surface area (Å²) in [7, 11) is -3.64. The van der Waals surface area contributed by atoms with Gasteiger partial charge in [-0.1, -0.05) is 18.9 Å². The fourth-order valence-corrected chi connectivity index (χ4v) is 5.79. The van der Waals surface area contributed by atoms with E-state index in [0.29, 0.717) is 30.0 Å². The van der Waals surface area contributed by atoms with E-state index in [0.717, 1.165) is 30.7 Å². The number of ether oxygens (including phenoxy) is 1. The standard InChI is InChI=1S/C21H27N3O5S2/c1-15-7-8-17(11-19(15)31(27,28)24-9-5-3-4-6-10-24)23-20(25)13-29-21(26)12-18-14-30-16(2)22-18/h7-8,11,14H,3-6,9-10,12-13H2,1-2H3,(H,23,25). The van der Waals surface area contributed by atoms with Crippen molar-refractivity contribution >= 4 is 38.9 Å². The number of aryl methyl sites for hydroxylation is 2. The molecule has 1 amide bonds. The highest BCUT2D eigenvalue weighted by atomic mass is 32.2. The van der Waals surface area contributed by atoms with Crippen molar-refractivity contribution in [3.8, 4) is 0 Å². The summed E-state index contributed by atoms with van der Waals surface area (Å²) in [5.41, 5.74) is 1.57. The smallest absolute Gasteiger partial charge is 0.312 e. The van der Waals surface area contributed by atoms with Crippen LogP contribution in [0, 0.1) is 13.8 Å². The summed E-state index contributed by atoms with van der Waals surface area (Å²) in [4.78, 5) is 28.5. The fraction of sp³-hybridized carbons (Fsp3) is 0.476. The molecule has 1 aromatic carbocycles. The summed E-state index contributed by atoms with van der Waals surface area (Å²) < 4.78 is 32.8. The number of aromatic nitrogens is 1. The van der Waals surface area contributed by atoms with Crippen molar-refractivity contribution in [2.24, 2.45) is 0 Å². The van der Waals surface area contributed by atoms with Crippen molar-refractivity contribution < 1.29 is 22.7 Å². The normalized spacial score (nSPS) is 15.3. The topological polar surface area (TPSA) is 106 Å². The number of rotatable bonds is 7. The Balaban J connectivity index is 1.61. The second-order valence-corrected chi connectivity index (χ2v) is 10.5. The van der Waals surface area contributed by atoms with Crippen molar-refractivity contribution in [1.82, 2.24) is 9.29 Å². The van der Waals surface area contributed by atoms with Crippen LogP contribution in [0.4, 0.5) is 5.69 Å². The molecule has 1 fully saturated rings. The third-order valence-corrected chi connectivity index (χ3v) is 7.87. The fourth-order valence-electron chi connectivity index (χ4n) is 3.41. The van der Waals surface area contributed by atoms with Gasteiger partial charge in [0, 0.05) is 24.2 Å². The van der Waals surface area contributed by atoms with Gasteiger partial charge >= 0.3 is 5.97 Å². The summed E-state index contributed by atoms with van der Waals surface area (Å²) in [6, 6.07) is 4.76. The number of nitrogens with zero attached hydrogens (tertiary/aromatic N) is 2. The molecule has 8 nitrogen and oxygen atoms in total. The molecule has 2 heterocycles. The number of anilines is 1. The first-order valence-electron chi connectivity index (χ1n) is 10.2. The number of carbonyl (C=O) groups is 2. The van der Waals surface area contributed by atoms with Gasteiger partial charge in [0.05, 0.1) is 22.0 Å². The van der Waals surface area contributed by atoms with Gasteiger partial charge in [0.25, 0.3) is 5.91 Å². The average Bonchev–Trinajstić information content (AvgIpc) is 2.95. The van der Waals surface area contributed by atoms with Crippen LogP contribution in [0.15, 0.2) is 28.5 Å². The molecule has 3 rings (SSSR count). The molecule has 168 valence electrons. The Bertz CT molecular complexity index is 1040. The molecule has 0 aliphatic carbocycles. The number of thiazole rings is 1. The van der Waals surface area contributed by atoms with Crippen LogP contribution in [0.2, 0.25) is 0 Å². The van der Waals surface area contributed by atoms with Crippen molar-refractivity contribution in [3.63, 3.8) is 0 Å². The number of carbonyl (C=O) groups excluding carboxylic acids is 2. The van der Waals surface area contributed by atoms with Crippen LogP contribution < -0.4 is 5.32 Å². The van der Waals surface area contributed by atoms with Gasteiger partial charge in [-0.25, -0.2) is 13.4 Å².